The minimum absolute atomic E-state index is 0.0380. The van der Waals surface area contributed by atoms with Gasteiger partial charge in [0, 0.05) is 23.5 Å². The lowest BCUT2D eigenvalue weighted by Gasteiger charge is -2.14. The van der Waals surface area contributed by atoms with Crippen molar-refractivity contribution in [2.75, 3.05) is 0 Å². The summed E-state index contributed by atoms with van der Waals surface area (Å²) in [6, 6.07) is 12.9. The maximum Gasteiger partial charge on any atom is 0.416 e. The first-order valence-electron chi connectivity index (χ1n) is 9.43. The van der Waals surface area contributed by atoms with Crippen LogP contribution in [0.1, 0.15) is 22.3 Å². The van der Waals surface area contributed by atoms with Gasteiger partial charge in [-0.2, -0.15) is 13.2 Å². The second kappa shape index (κ2) is 8.47. The highest BCUT2D eigenvalue weighted by Crippen LogP contribution is 2.33. The second-order valence-electron chi connectivity index (χ2n) is 6.88. The zero-order valence-electron chi connectivity index (χ0n) is 16.4. The van der Waals surface area contributed by atoms with Gasteiger partial charge in [-0.25, -0.2) is 9.97 Å². The van der Waals surface area contributed by atoms with E-state index in [4.69, 9.17) is 0 Å². The highest BCUT2D eigenvalue weighted by molar-refractivity contribution is 6.37. The average molecular weight is 433 g/mol. The summed E-state index contributed by atoms with van der Waals surface area (Å²) in [5.74, 6) is 4.33. The van der Waals surface area contributed by atoms with Crippen molar-refractivity contribution in [3.05, 3.63) is 101 Å². The van der Waals surface area contributed by atoms with Crippen LogP contribution >= 0.6 is 0 Å². The minimum atomic E-state index is -4.52. The number of nitrogens with zero attached hydrogens (tertiary/aromatic N) is 3. The molecular weight excluding hydrogens is 419 g/mol. The van der Waals surface area contributed by atoms with E-state index in [2.05, 4.69) is 21.8 Å². The summed E-state index contributed by atoms with van der Waals surface area (Å²) in [5, 5.41) is 0. The molecule has 0 fully saturated rings. The van der Waals surface area contributed by atoms with E-state index in [1.165, 1.54) is 30.9 Å². The van der Waals surface area contributed by atoms with Crippen LogP contribution in [0.5, 0.6) is 0 Å². The fourth-order valence-corrected chi connectivity index (χ4v) is 3.18. The summed E-state index contributed by atoms with van der Waals surface area (Å²) < 4.78 is 38.8. The summed E-state index contributed by atoms with van der Waals surface area (Å²) >= 11 is 0. The molecule has 0 aliphatic carbocycles. The molecule has 5 nitrogen and oxygen atoms in total. The van der Waals surface area contributed by atoms with Gasteiger partial charge in [-0.15, -0.1) is 0 Å². The van der Waals surface area contributed by atoms with Crippen LogP contribution in [0.15, 0.2) is 78.9 Å². The van der Waals surface area contributed by atoms with Crippen LogP contribution in [-0.2, 0) is 22.3 Å². The quantitative estimate of drug-likeness (QED) is 0.465. The summed E-state index contributed by atoms with van der Waals surface area (Å²) in [6.45, 7) is -0.0842. The lowest BCUT2D eigenvalue weighted by molar-refractivity contribution is -0.138. The monoisotopic (exact) mass is 433 g/mol. The molecule has 0 saturated heterocycles. The molecule has 1 aromatic heterocycles. The number of benzene rings is 2. The summed E-state index contributed by atoms with van der Waals surface area (Å²) in [7, 11) is 0. The Morgan fingerprint density at radius 2 is 1.50 bits per heavy atom. The van der Waals surface area contributed by atoms with Gasteiger partial charge in [-0.05, 0) is 29.8 Å². The molecule has 8 heteroatoms. The zero-order valence-corrected chi connectivity index (χ0v) is 16.4. The Labute approximate surface area is 181 Å². The Hall–Kier alpha value is -4.25. The number of aromatic nitrogens is 2. The molecule has 0 radical (unpaired) electrons. The number of alkyl halides is 3. The van der Waals surface area contributed by atoms with Gasteiger partial charge >= 0.3 is 6.18 Å². The number of amides is 2. The molecule has 2 heterocycles. The van der Waals surface area contributed by atoms with Crippen molar-refractivity contribution >= 4 is 17.4 Å². The zero-order chi connectivity index (χ0) is 22.7. The molecule has 1 aliphatic rings. The maximum absolute atomic E-state index is 13.1. The molecule has 2 aromatic carbocycles. The van der Waals surface area contributed by atoms with Gasteiger partial charge < -0.3 is 0 Å². The van der Waals surface area contributed by atoms with Crippen molar-refractivity contribution in [3.63, 3.8) is 0 Å². The number of rotatable bonds is 3. The van der Waals surface area contributed by atoms with E-state index in [0.29, 0.717) is 11.1 Å². The third-order valence-electron chi connectivity index (χ3n) is 4.73. The highest BCUT2D eigenvalue weighted by atomic mass is 19.4. The van der Waals surface area contributed by atoms with Crippen LogP contribution < -0.4 is 0 Å². The number of hydrogen-bond donors (Lipinski definition) is 0. The Morgan fingerprint density at radius 3 is 2.12 bits per heavy atom. The van der Waals surface area contributed by atoms with E-state index >= 15 is 0 Å². The molecular formula is C24H14F3N3O2. The third kappa shape index (κ3) is 4.27. The van der Waals surface area contributed by atoms with E-state index in [1.54, 1.807) is 24.3 Å². The van der Waals surface area contributed by atoms with Gasteiger partial charge in [0.1, 0.15) is 11.9 Å². The Morgan fingerprint density at radius 1 is 0.844 bits per heavy atom. The third-order valence-corrected chi connectivity index (χ3v) is 4.73. The van der Waals surface area contributed by atoms with Crippen LogP contribution in [-0.4, -0.2) is 26.7 Å². The molecule has 0 saturated carbocycles. The smallest absolute Gasteiger partial charge is 0.269 e. The van der Waals surface area contributed by atoms with Crippen molar-refractivity contribution in [1.82, 2.24) is 14.9 Å². The normalized spacial score (nSPS) is 13.9. The highest BCUT2D eigenvalue weighted by Gasteiger charge is 2.39. The average Bonchev–Trinajstić information content (AvgIpc) is 3.03. The van der Waals surface area contributed by atoms with Crippen molar-refractivity contribution in [2.45, 2.75) is 12.7 Å². The number of carbonyl (C=O) groups is 2. The molecule has 0 bridgehead atoms. The van der Waals surface area contributed by atoms with E-state index < -0.39 is 23.6 Å². The molecule has 0 atom stereocenters. The topological polar surface area (TPSA) is 63.2 Å². The molecule has 32 heavy (non-hydrogen) atoms. The van der Waals surface area contributed by atoms with Crippen molar-refractivity contribution < 1.29 is 22.8 Å². The number of halogens is 3. The first-order valence-corrected chi connectivity index (χ1v) is 9.43. The minimum Gasteiger partial charge on any atom is -0.269 e. The predicted octanol–water partition coefficient (Wildman–Crippen LogP) is 3.87. The van der Waals surface area contributed by atoms with Crippen molar-refractivity contribution in [1.29, 1.82) is 0 Å². The van der Waals surface area contributed by atoms with Crippen LogP contribution in [0.2, 0.25) is 0 Å². The number of carbonyl (C=O) groups excluding carboxylic acids is 2. The molecule has 2 amide bonds. The van der Waals surface area contributed by atoms with Gasteiger partial charge in [0.25, 0.3) is 11.8 Å². The van der Waals surface area contributed by atoms with Crippen molar-refractivity contribution in [3.8, 4) is 11.8 Å². The first kappa shape index (κ1) is 21.0. The van der Waals surface area contributed by atoms with E-state index in [-0.39, 0.29) is 23.3 Å². The number of imide groups is 1. The standard InChI is InChI=1S/C24H14F3N3O2/c25-24(26,27)19-9-7-18(8-10-19)21-20(11-6-16-4-2-1-3-5-16)22(31)30(23(21)32)14-17-12-28-15-29-13-17/h1-5,7-10,12-13,15H,14H2. The van der Waals surface area contributed by atoms with Gasteiger partial charge in [0.05, 0.1) is 17.7 Å². The predicted molar refractivity (Wildman–Crippen MR) is 109 cm³/mol. The van der Waals surface area contributed by atoms with Gasteiger partial charge in [-0.3, -0.25) is 14.5 Å². The fraction of sp³-hybridized carbons (Fsp3) is 0.0833. The molecule has 1 aliphatic heterocycles. The molecule has 158 valence electrons. The number of hydrogen-bond acceptors (Lipinski definition) is 4. The summed E-state index contributed by atoms with van der Waals surface area (Å²) in [5.41, 5.74) is 0.369. The molecule has 0 N–H and O–H groups in total. The van der Waals surface area contributed by atoms with E-state index in [0.717, 1.165) is 17.0 Å². The lowest BCUT2D eigenvalue weighted by atomic mass is 10.00. The lowest BCUT2D eigenvalue weighted by Crippen LogP contribution is -2.31. The van der Waals surface area contributed by atoms with E-state index in [1.807, 2.05) is 6.07 Å². The van der Waals surface area contributed by atoms with Gasteiger partial charge in [0.2, 0.25) is 0 Å². The van der Waals surface area contributed by atoms with Crippen LogP contribution in [0, 0.1) is 11.8 Å². The van der Waals surface area contributed by atoms with Crippen molar-refractivity contribution in [2.24, 2.45) is 0 Å². The molecule has 0 unspecified atom stereocenters. The molecule has 0 spiro atoms. The maximum atomic E-state index is 13.1. The van der Waals surface area contributed by atoms with Crippen LogP contribution in [0.3, 0.4) is 0 Å². The Bertz CT molecular complexity index is 1260. The SMILES string of the molecule is O=C1C(C#Cc2ccccc2)=C(c2ccc(C(F)(F)F)cc2)C(=O)N1Cc1cncnc1. The summed E-state index contributed by atoms with van der Waals surface area (Å²) in [4.78, 5) is 34.9. The Kier molecular flexibility index (Phi) is 5.56. The van der Waals surface area contributed by atoms with Gasteiger partial charge in [0.15, 0.2) is 0 Å². The van der Waals surface area contributed by atoms with Gasteiger partial charge in [-0.1, -0.05) is 42.2 Å². The summed E-state index contributed by atoms with van der Waals surface area (Å²) in [6.07, 6.45) is -0.254. The van der Waals surface area contributed by atoms with Crippen LogP contribution in [0.4, 0.5) is 13.2 Å². The van der Waals surface area contributed by atoms with E-state index in [9.17, 15) is 22.8 Å². The molecule has 3 aromatic rings. The molecule has 4 rings (SSSR count). The largest absolute Gasteiger partial charge is 0.416 e. The Balaban J connectivity index is 1.77. The van der Waals surface area contributed by atoms with Crippen LogP contribution in [0.25, 0.3) is 5.57 Å². The fourth-order valence-electron chi connectivity index (χ4n) is 3.18. The second-order valence-corrected chi connectivity index (χ2v) is 6.88. The first-order chi connectivity index (χ1) is 15.3.